The number of hydrogen-bond donors (Lipinski definition) is 0. The van der Waals surface area contributed by atoms with E-state index in [4.69, 9.17) is 14.2 Å². The Bertz CT molecular complexity index is 629. The highest BCUT2D eigenvalue weighted by molar-refractivity contribution is 7.99. The maximum atomic E-state index is 12.4. The zero-order chi connectivity index (χ0) is 17.1. The molecule has 0 bridgehead atoms. The van der Waals surface area contributed by atoms with Crippen LogP contribution in [0, 0.1) is 10.1 Å². The maximum Gasteiger partial charge on any atom is 0.346 e. The maximum absolute atomic E-state index is 12.4. The second kappa shape index (κ2) is 7.32. The Morgan fingerprint density at radius 2 is 2.12 bits per heavy atom. The van der Waals surface area contributed by atoms with Gasteiger partial charge in [-0.05, 0) is 6.07 Å². The van der Waals surface area contributed by atoms with Crippen molar-refractivity contribution in [2.24, 2.45) is 0 Å². The van der Waals surface area contributed by atoms with Crippen molar-refractivity contribution in [2.75, 3.05) is 19.0 Å². The lowest BCUT2D eigenvalue weighted by Crippen LogP contribution is -2.36. The highest BCUT2D eigenvalue weighted by Crippen LogP contribution is 2.31. The molecule has 2 aliphatic rings. The molecule has 3 rings (SSSR count). The van der Waals surface area contributed by atoms with Crippen LogP contribution in [0.25, 0.3) is 0 Å². The van der Waals surface area contributed by atoms with E-state index in [-0.39, 0.29) is 13.2 Å². The average molecular weight is 357 g/mol. The van der Waals surface area contributed by atoms with Crippen molar-refractivity contribution in [1.82, 2.24) is 0 Å². The number of esters is 1. The molecular formula is C14H17N2O7S+. The summed E-state index contributed by atoms with van der Waals surface area (Å²) in [6.07, 6.45) is -0.857. The van der Waals surface area contributed by atoms with Crippen LogP contribution in [-0.4, -0.2) is 54.4 Å². The van der Waals surface area contributed by atoms with E-state index in [9.17, 15) is 14.9 Å². The van der Waals surface area contributed by atoms with Gasteiger partial charge in [0.2, 0.25) is 0 Å². The molecule has 0 amide bonds. The van der Waals surface area contributed by atoms with Crippen LogP contribution in [0.2, 0.25) is 0 Å². The lowest BCUT2D eigenvalue weighted by molar-refractivity contribution is -0.769. The van der Waals surface area contributed by atoms with E-state index in [0.29, 0.717) is 5.56 Å². The molecule has 9 nitrogen and oxygen atoms in total. The van der Waals surface area contributed by atoms with Crippen LogP contribution in [0.4, 0.5) is 0 Å². The summed E-state index contributed by atoms with van der Waals surface area (Å²) in [7, 11) is 0. The van der Waals surface area contributed by atoms with Gasteiger partial charge in [0.05, 0.1) is 13.2 Å². The summed E-state index contributed by atoms with van der Waals surface area (Å²) in [6.45, 7) is 2.13. The number of thioether (sulfide) groups is 1. The molecule has 0 saturated carbocycles. The second-order valence-electron chi connectivity index (χ2n) is 5.25. The summed E-state index contributed by atoms with van der Waals surface area (Å²) in [5.41, 5.74) is 0.434. The molecule has 10 heteroatoms. The Hall–Kier alpha value is -1.91. The first kappa shape index (κ1) is 16.9. The van der Waals surface area contributed by atoms with Crippen LogP contribution in [-0.2, 0) is 19.0 Å². The number of aromatic amines is 1. The number of nitrogens with zero attached hydrogens (tertiary/aromatic N) is 1. The van der Waals surface area contributed by atoms with Gasteiger partial charge in [-0.2, -0.15) is 0 Å². The van der Waals surface area contributed by atoms with Gasteiger partial charge in [-0.15, -0.1) is 10.1 Å². The van der Waals surface area contributed by atoms with Crippen molar-refractivity contribution in [3.8, 4) is 0 Å². The number of rotatable bonds is 6. The van der Waals surface area contributed by atoms with Gasteiger partial charge in [0.1, 0.15) is 17.8 Å². The fourth-order valence-corrected chi connectivity index (χ4v) is 3.53. The molecule has 2 fully saturated rings. The third-order valence-corrected chi connectivity index (χ3v) is 4.68. The van der Waals surface area contributed by atoms with E-state index in [1.807, 2.05) is 6.92 Å². The van der Waals surface area contributed by atoms with E-state index in [1.165, 1.54) is 11.8 Å². The summed E-state index contributed by atoms with van der Waals surface area (Å²) in [4.78, 5) is 30.5. The van der Waals surface area contributed by atoms with Crippen molar-refractivity contribution < 1.29 is 33.9 Å². The number of H-pyrrole nitrogens is 1. The summed E-state index contributed by atoms with van der Waals surface area (Å²) in [6, 6.07) is 3.40. The molecule has 2 aliphatic heterocycles. The first-order chi connectivity index (χ1) is 11.6. The van der Waals surface area contributed by atoms with Crippen LogP contribution in [0.3, 0.4) is 0 Å². The molecule has 0 aromatic carbocycles. The van der Waals surface area contributed by atoms with Gasteiger partial charge >= 0.3 is 5.97 Å². The van der Waals surface area contributed by atoms with Gasteiger partial charge in [0.25, 0.3) is 10.1 Å². The number of fused-ring (bicyclic) bond motifs is 1. The Kier molecular flexibility index (Phi) is 5.17. The first-order valence-corrected chi connectivity index (χ1v) is 8.47. The van der Waals surface area contributed by atoms with Crippen LogP contribution in [0.1, 0.15) is 17.3 Å². The van der Waals surface area contributed by atoms with Gasteiger partial charge < -0.3 is 19.0 Å². The highest BCUT2D eigenvalue weighted by Gasteiger charge is 2.51. The predicted molar refractivity (Wildman–Crippen MR) is 79.9 cm³/mol. The van der Waals surface area contributed by atoms with Crippen molar-refractivity contribution in [2.45, 2.75) is 36.4 Å². The Morgan fingerprint density at radius 1 is 1.42 bits per heavy atom. The Morgan fingerprint density at radius 3 is 2.83 bits per heavy atom. The zero-order valence-electron chi connectivity index (χ0n) is 12.9. The molecule has 1 aromatic rings. The topological polar surface area (TPSA) is 111 Å². The Labute approximate surface area is 141 Å². The minimum Gasteiger partial charge on any atom is -0.453 e. The van der Waals surface area contributed by atoms with Crippen molar-refractivity contribution in [3.05, 3.63) is 34.0 Å². The largest absolute Gasteiger partial charge is 0.453 e. The standard InChI is InChI=1S/C14H16N2O7S/c1-2-24-13-8(4-3-5-15-13)14(17)22-9-6-20-12-10(23-16(18)19)7-21-11(9)12/h3-5,9-12H,2,6-7H2,1H3/p+1/t9-,10+,11-,12-/m1/s1. The van der Waals surface area contributed by atoms with Crippen LogP contribution in [0.15, 0.2) is 23.4 Å². The summed E-state index contributed by atoms with van der Waals surface area (Å²) in [5, 5.41) is 10.3. The first-order valence-electron chi connectivity index (χ1n) is 7.49. The fourth-order valence-electron chi connectivity index (χ4n) is 2.78. The van der Waals surface area contributed by atoms with Crippen molar-refractivity contribution in [1.29, 1.82) is 0 Å². The molecule has 2 saturated heterocycles. The van der Waals surface area contributed by atoms with E-state index in [1.54, 1.807) is 18.3 Å². The molecule has 0 aliphatic carbocycles. The highest BCUT2D eigenvalue weighted by atomic mass is 32.2. The Balaban J connectivity index is 1.65. The average Bonchev–Trinajstić information content (AvgIpc) is 3.12. The molecule has 0 spiro atoms. The number of ether oxygens (including phenoxy) is 3. The lowest BCUT2D eigenvalue weighted by atomic mass is 10.1. The smallest absolute Gasteiger partial charge is 0.346 e. The van der Waals surface area contributed by atoms with Crippen molar-refractivity contribution >= 4 is 17.7 Å². The number of carbonyl (C=O) groups excluding carboxylic acids is 1. The minimum atomic E-state index is -0.868. The van der Waals surface area contributed by atoms with Gasteiger partial charge in [0.15, 0.2) is 18.4 Å². The molecule has 3 heterocycles. The third kappa shape index (κ3) is 3.45. The molecule has 130 valence electrons. The van der Waals surface area contributed by atoms with E-state index >= 15 is 0 Å². The SMILES string of the molecule is CCSc1[nH+]cccc1C(=O)O[C@@H]1CO[C@H]2[C@@H]1OC[C@@H]2O[N+](=O)[O-]. The summed E-state index contributed by atoms with van der Waals surface area (Å²) < 4.78 is 16.4. The number of nitrogens with one attached hydrogen (secondary N) is 1. The molecule has 1 N–H and O–H groups in total. The third-order valence-electron chi connectivity index (χ3n) is 3.77. The van der Waals surface area contributed by atoms with Crippen molar-refractivity contribution in [3.63, 3.8) is 0 Å². The zero-order valence-corrected chi connectivity index (χ0v) is 13.7. The summed E-state index contributed by atoms with van der Waals surface area (Å²) >= 11 is 1.50. The van der Waals surface area contributed by atoms with Gasteiger partial charge in [0, 0.05) is 11.8 Å². The van der Waals surface area contributed by atoms with Gasteiger partial charge in [-0.25, -0.2) is 9.78 Å². The van der Waals surface area contributed by atoms with Crippen LogP contribution >= 0.6 is 11.8 Å². The molecule has 1 aromatic heterocycles. The van der Waals surface area contributed by atoms with Gasteiger partial charge in [-0.3, -0.25) is 0 Å². The van der Waals surface area contributed by atoms with E-state index < -0.39 is 35.5 Å². The normalized spacial score (nSPS) is 28.4. The number of aromatic nitrogens is 1. The molecule has 24 heavy (non-hydrogen) atoms. The molecular weight excluding hydrogens is 340 g/mol. The number of pyridine rings is 1. The van der Waals surface area contributed by atoms with Crippen LogP contribution in [0.5, 0.6) is 0 Å². The van der Waals surface area contributed by atoms with Gasteiger partial charge in [-0.1, -0.05) is 18.7 Å². The summed E-state index contributed by atoms with van der Waals surface area (Å²) in [5.74, 6) is 0.320. The van der Waals surface area contributed by atoms with E-state index in [2.05, 4.69) is 9.82 Å². The lowest BCUT2D eigenvalue weighted by Gasteiger charge is -2.16. The predicted octanol–water partition coefficient (Wildman–Crippen LogP) is 0.513. The minimum absolute atomic E-state index is 0.0282. The number of carbonyl (C=O) groups is 1. The van der Waals surface area contributed by atoms with Crippen LogP contribution < -0.4 is 4.98 Å². The quantitative estimate of drug-likeness (QED) is 0.313. The molecule has 4 atom stereocenters. The van der Waals surface area contributed by atoms with E-state index in [0.717, 1.165) is 10.8 Å². The number of hydrogen-bond acceptors (Lipinski definition) is 8. The molecule has 0 unspecified atom stereocenters. The molecule has 0 radical (unpaired) electrons. The second-order valence-corrected chi connectivity index (χ2v) is 6.53. The fraction of sp³-hybridized carbons (Fsp3) is 0.571. The monoisotopic (exact) mass is 357 g/mol.